The van der Waals surface area contributed by atoms with Crippen LogP contribution < -0.4 is 10.6 Å². The van der Waals surface area contributed by atoms with E-state index in [0.29, 0.717) is 32.8 Å². The number of alkyl carbamates (subject to hydrolysis) is 2. The molecule has 240 valence electrons. The summed E-state index contributed by atoms with van der Waals surface area (Å²) in [5, 5.41) is 5.91. The van der Waals surface area contributed by atoms with Crippen LogP contribution in [-0.4, -0.2) is 72.0 Å². The van der Waals surface area contributed by atoms with E-state index < -0.39 is 12.2 Å². The van der Waals surface area contributed by atoms with Crippen molar-refractivity contribution in [2.75, 3.05) is 32.8 Å². The van der Waals surface area contributed by atoms with E-state index in [0.717, 1.165) is 20.9 Å². The van der Waals surface area contributed by atoms with Crippen LogP contribution >= 0.6 is 22.7 Å². The number of likely N-dealkylation sites (N-methyl/N-ethyl adjacent to an activating group) is 1. The van der Waals surface area contributed by atoms with Gasteiger partial charge in [-0.1, -0.05) is 67.6 Å². The third-order valence-corrected chi connectivity index (χ3v) is 8.07. The molecule has 0 fully saturated rings. The standard InChI is InChI=1S/C32H39N5O6S2/c1-2-37(15-27(19-40-17-25-9-5-3-6-10-25)35-31(38)42-21-29-13-33-23-44-29)16-28(20-41-18-26-11-7-4-8-12-26)36-32(39)43-22-30-14-34-24-45-30/h3-14,23-24,27-28H,2,15-22H2,1H3,(H,35,38)(H,36,39)/t27-,28?/m0/s1. The van der Waals surface area contributed by atoms with Crippen LogP contribution in [0.5, 0.6) is 0 Å². The number of carbonyl (C=O) groups excluding carboxylic acids is 2. The summed E-state index contributed by atoms with van der Waals surface area (Å²) in [6.07, 6.45) is 2.26. The van der Waals surface area contributed by atoms with Gasteiger partial charge in [0.1, 0.15) is 13.2 Å². The van der Waals surface area contributed by atoms with Crippen LogP contribution in [0.4, 0.5) is 9.59 Å². The number of carbonyl (C=O) groups is 2. The molecule has 2 aromatic carbocycles. The van der Waals surface area contributed by atoms with E-state index in [-0.39, 0.29) is 38.5 Å². The maximum atomic E-state index is 12.7. The van der Waals surface area contributed by atoms with Crippen molar-refractivity contribution in [3.8, 4) is 0 Å². The SMILES string of the molecule is CCN(CC(COCc1ccccc1)NC(=O)OCc1cncs1)C[C@@H](COCc1ccccc1)NC(=O)OCc1cncs1. The van der Waals surface area contributed by atoms with E-state index in [1.807, 2.05) is 67.6 Å². The van der Waals surface area contributed by atoms with Gasteiger partial charge in [0, 0.05) is 25.5 Å². The van der Waals surface area contributed by atoms with Gasteiger partial charge in [0.15, 0.2) is 0 Å². The monoisotopic (exact) mass is 653 g/mol. The fourth-order valence-corrected chi connectivity index (χ4v) is 5.35. The van der Waals surface area contributed by atoms with Gasteiger partial charge in [0.25, 0.3) is 0 Å². The first-order valence-corrected chi connectivity index (χ1v) is 16.4. The quantitative estimate of drug-likeness (QED) is 0.140. The van der Waals surface area contributed by atoms with Crippen molar-refractivity contribution in [1.29, 1.82) is 0 Å². The molecular weight excluding hydrogens is 615 g/mol. The molecule has 0 aliphatic rings. The second-order valence-corrected chi connectivity index (χ2v) is 12.1. The first-order chi connectivity index (χ1) is 22.1. The molecule has 11 nitrogen and oxygen atoms in total. The number of hydrogen-bond donors (Lipinski definition) is 2. The predicted molar refractivity (Wildman–Crippen MR) is 173 cm³/mol. The zero-order valence-electron chi connectivity index (χ0n) is 25.2. The third-order valence-electron chi connectivity index (χ3n) is 6.57. The Morgan fingerprint density at radius 3 is 1.53 bits per heavy atom. The minimum atomic E-state index is -0.541. The summed E-state index contributed by atoms with van der Waals surface area (Å²) in [6, 6.07) is 18.9. The molecule has 0 saturated carbocycles. The lowest BCUT2D eigenvalue weighted by Gasteiger charge is -2.30. The highest BCUT2D eigenvalue weighted by Gasteiger charge is 2.22. The summed E-state index contributed by atoms with van der Waals surface area (Å²) >= 11 is 2.84. The van der Waals surface area contributed by atoms with Crippen molar-refractivity contribution >= 4 is 34.9 Å². The van der Waals surface area contributed by atoms with E-state index in [2.05, 4.69) is 25.5 Å². The molecule has 2 atom stereocenters. The Labute approximate surface area is 271 Å². The smallest absolute Gasteiger partial charge is 0.407 e. The lowest BCUT2D eigenvalue weighted by molar-refractivity contribution is 0.0623. The number of rotatable bonds is 19. The summed E-state index contributed by atoms with van der Waals surface area (Å²) in [4.78, 5) is 37.4. The summed E-state index contributed by atoms with van der Waals surface area (Å²) in [5.74, 6) is 0. The number of thiazole rings is 2. The molecule has 2 aromatic heterocycles. The molecule has 0 aliphatic heterocycles. The van der Waals surface area contributed by atoms with Crippen LogP contribution in [0.1, 0.15) is 27.8 Å². The van der Waals surface area contributed by atoms with E-state index in [1.54, 1.807) is 23.4 Å². The number of nitrogens with zero attached hydrogens (tertiary/aromatic N) is 3. The van der Waals surface area contributed by atoms with Gasteiger partial charge in [0.2, 0.25) is 0 Å². The topological polar surface area (TPSA) is 124 Å². The Morgan fingerprint density at radius 1 is 0.711 bits per heavy atom. The molecule has 0 saturated heterocycles. The van der Waals surface area contributed by atoms with Crippen LogP contribution in [-0.2, 0) is 45.4 Å². The minimum Gasteiger partial charge on any atom is -0.444 e. The van der Waals surface area contributed by atoms with Crippen molar-refractivity contribution in [3.63, 3.8) is 0 Å². The normalized spacial score (nSPS) is 12.4. The molecule has 0 spiro atoms. The summed E-state index contributed by atoms with van der Waals surface area (Å²) in [5.41, 5.74) is 5.46. The molecule has 0 aliphatic carbocycles. The van der Waals surface area contributed by atoms with Gasteiger partial charge in [-0.2, -0.15) is 0 Å². The molecule has 4 aromatic rings. The average Bonchev–Trinajstić information content (AvgIpc) is 3.78. The first-order valence-electron chi connectivity index (χ1n) is 14.6. The van der Waals surface area contributed by atoms with Gasteiger partial charge < -0.3 is 29.6 Å². The highest BCUT2D eigenvalue weighted by atomic mass is 32.1. The van der Waals surface area contributed by atoms with Gasteiger partial charge in [-0.05, 0) is 17.7 Å². The van der Waals surface area contributed by atoms with E-state index in [1.165, 1.54) is 22.7 Å². The number of hydrogen-bond acceptors (Lipinski definition) is 11. The second kappa shape index (κ2) is 19.5. The Morgan fingerprint density at radius 2 is 1.16 bits per heavy atom. The van der Waals surface area contributed by atoms with Gasteiger partial charge in [-0.15, -0.1) is 22.7 Å². The highest BCUT2D eigenvalue weighted by Crippen LogP contribution is 2.10. The zero-order chi connectivity index (χ0) is 31.5. The maximum absolute atomic E-state index is 12.7. The van der Waals surface area contributed by atoms with Crippen molar-refractivity contribution < 1.29 is 28.5 Å². The van der Waals surface area contributed by atoms with Gasteiger partial charge in [-0.25, -0.2) is 9.59 Å². The van der Waals surface area contributed by atoms with Crippen LogP contribution in [0.15, 0.2) is 84.1 Å². The van der Waals surface area contributed by atoms with E-state index in [9.17, 15) is 9.59 Å². The lowest BCUT2D eigenvalue weighted by Crippen LogP contribution is -2.51. The predicted octanol–water partition coefficient (Wildman–Crippen LogP) is 5.24. The summed E-state index contributed by atoms with van der Waals surface area (Å²) < 4.78 is 22.9. The van der Waals surface area contributed by atoms with Crippen molar-refractivity contribution in [1.82, 2.24) is 25.5 Å². The molecule has 0 bridgehead atoms. The Bertz CT molecular complexity index is 1260. The number of nitrogens with one attached hydrogen (secondary N) is 2. The number of amides is 2. The van der Waals surface area contributed by atoms with Crippen molar-refractivity contribution in [2.45, 2.75) is 45.4 Å². The van der Waals surface area contributed by atoms with Crippen LogP contribution in [0, 0.1) is 0 Å². The largest absolute Gasteiger partial charge is 0.444 e. The number of ether oxygens (including phenoxy) is 4. The Kier molecular flexibility index (Phi) is 14.7. The van der Waals surface area contributed by atoms with Crippen LogP contribution in [0.25, 0.3) is 0 Å². The van der Waals surface area contributed by atoms with Crippen molar-refractivity contribution in [2.24, 2.45) is 0 Å². The molecular formula is C32H39N5O6S2. The van der Waals surface area contributed by atoms with Crippen LogP contribution in [0.2, 0.25) is 0 Å². The highest BCUT2D eigenvalue weighted by molar-refractivity contribution is 7.09. The second-order valence-electron chi connectivity index (χ2n) is 10.1. The molecule has 45 heavy (non-hydrogen) atoms. The Hall–Kier alpha value is -3.88. The molecule has 2 amide bonds. The number of benzene rings is 2. The van der Waals surface area contributed by atoms with Gasteiger partial charge in [0.05, 0.1) is 59.3 Å². The van der Waals surface area contributed by atoms with Gasteiger partial charge in [-0.3, -0.25) is 14.9 Å². The molecule has 1 unspecified atom stereocenters. The third kappa shape index (κ3) is 13.3. The molecule has 13 heteroatoms. The van der Waals surface area contributed by atoms with Gasteiger partial charge >= 0.3 is 12.2 Å². The molecule has 2 N–H and O–H groups in total. The minimum absolute atomic E-state index is 0.139. The molecule has 2 heterocycles. The first kappa shape index (κ1) is 34.0. The Balaban J connectivity index is 1.36. The van der Waals surface area contributed by atoms with E-state index >= 15 is 0 Å². The molecule has 4 rings (SSSR count). The zero-order valence-corrected chi connectivity index (χ0v) is 26.8. The fourth-order valence-electron chi connectivity index (χ4n) is 4.34. The van der Waals surface area contributed by atoms with Crippen LogP contribution in [0.3, 0.4) is 0 Å². The fraction of sp³-hybridized carbons (Fsp3) is 0.375. The average molecular weight is 654 g/mol. The number of aromatic nitrogens is 2. The lowest BCUT2D eigenvalue weighted by atomic mass is 10.2. The summed E-state index contributed by atoms with van der Waals surface area (Å²) in [7, 11) is 0. The summed E-state index contributed by atoms with van der Waals surface area (Å²) in [6.45, 7) is 5.20. The maximum Gasteiger partial charge on any atom is 0.407 e. The molecule has 0 radical (unpaired) electrons. The van der Waals surface area contributed by atoms with E-state index in [4.69, 9.17) is 18.9 Å². The van der Waals surface area contributed by atoms with Crippen molar-refractivity contribution in [3.05, 3.63) is 105 Å².